The van der Waals surface area contributed by atoms with Crippen LogP contribution in [0.25, 0.3) is 0 Å². The highest BCUT2D eigenvalue weighted by Gasteiger charge is 2.29. The van der Waals surface area contributed by atoms with Gasteiger partial charge in [-0.2, -0.15) is 4.31 Å². The van der Waals surface area contributed by atoms with Crippen LogP contribution in [0.4, 0.5) is 5.69 Å². The summed E-state index contributed by atoms with van der Waals surface area (Å²) >= 11 is 6.05. The Kier molecular flexibility index (Phi) is 5.95. The van der Waals surface area contributed by atoms with Crippen LogP contribution in [0.15, 0.2) is 47.4 Å². The number of hydrogen-bond donors (Lipinski definition) is 0. The summed E-state index contributed by atoms with van der Waals surface area (Å²) in [5.74, 6) is -0.0270. The van der Waals surface area contributed by atoms with E-state index in [0.29, 0.717) is 23.8 Å². The first kappa shape index (κ1) is 19.6. The Labute approximate surface area is 161 Å². The van der Waals surface area contributed by atoms with Gasteiger partial charge in [0.2, 0.25) is 10.0 Å². The summed E-state index contributed by atoms with van der Waals surface area (Å²) in [7, 11) is -3.84. The zero-order valence-corrected chi connectivity index (χ0v) is 15.8. The average molecular weight is 413 g/mol. The van der Waals surface area contributed by atoms with E-state index < -0.39 is 20.6 Å². The topological polar surface area (TPSA) is 99.0 Å². The minimum Gasteiger partial charge on any atom is -0.482 e. The van der Waals surface area contributed by atoms with Crippen molar-refractivity contribution in [1.29, 1.82) is 0 Å². The van der Waals surface area contributed by atoms with Crippen molar-refractivity contribution in [1.82, 2.24) is 4.31 Å². The maximum Gasteiger partial charge on any atom is 0.312 e. The lowest BCUT2D eigenvalue weighted by Gasteiger charge is -2.26. The van der Waals surface area contributed by atoms with Crippen molar-refractivity contribution < 1.29 is 22.8 Å². The molecule has 3 rings (SSSR count). The third kappa shape index (κ3) is 4.38. The van der Waals surface area contributed by atoms with Crippen LogP contribution in [0.5, 0.6) is 5.75 Å². The lowest BCUT2D eigenvalue weighted by molar-refractivity contribution is -0.386. The smallest absolute Gasteiger partial charge is 0.312 e. The number of halogens is 1. The molecular formula is C17H17ClN2O6S. The molecule has 10 heteroatoms. The monoisotopic (exact) mass is 412 g/mol. The van der Waals surface area contributed by atoms with Crippen LogP contribution in [-0.4, -0.2) is 43.9 Å². The Bertz CT molecular complexity index is 944. The predicted octanol–water partition coefficient (Wildman–Crippen LogP) is 2.85. The van der Waals surface area contributed by atoms with E-state index in [-0.39, 0.29) is 30.3 Å². The molecule has 1 saturated heterocycles. The first-order valence-electron chi connectivity index (χ1n) is 8.12. The highest BCUT2D eigenvalue weighted by atomic mass is 35.5. The van der Waals surface area contributed by atoms with Gasteiger partial charge in [0.05, 0.1) is 23.0 Å². The largest absolute Gasteiger partial charge is 0.482 e. The first-order chi connectivity index (χ1) is 12.9. The molecule has 144 valence electrons. The number of nitro benzene ring substituents is 1. The van der Waals surface area contributed by atoms with Crippen LogP contribution < -0.4 is 4.74 Å². The highest BCUT2D eigenvalue weighted by molar-refractivity contribution is 7.89. The van der Waals surface area contributed by atoms with Crippen LogP contribution in [0.2, 0.25) is 5.02 Å². The Balaban J connectivity index is 1.86. The van der Waals surface area contributed by atoms with Crippen LogP contribution in [0.3, 0.4) is 0 Å². The fourth-order valence-electron chi connectivity index (χ4n) is 2.63. The van der Waals surface area contributed by atoms with Gasteiger partial charge in [-0.15, -0.1) is 0 Å². The summed E-state index contributed by atoms with van der Waals surface area (Å²) in [5, 5.41) is 11.9. The van der Waals surface area contributed by atoms with Crippen molar-refractivity contribution in [2.75, 3.05) is 26.3 Å². The molecule has 2 aromatic rings. The van der Waals surface area contributed by atoms with Gasteiger partial charge in [-0.1, -0.05) is 29.8 Å². The van der Waals surface area contributed by atoms with E-state index >= 15 is 0 Å². The van der Waals surface area contributed by atoms with Crippen molar-refractivity contribution in [2.45, 2.75) is 11.5 Å². The van der Waals surface area contributed by atoms with Crippen LogP contribution in [0.1, 0.15) is 5.56 Å². The number of nitro groups is 1. The van der Waals surface area contributed by atoms with Gasteiger partial charge < -0.3 is 9.47 Å². The number of morpholine rings is 1. The summed E-state index contributed by atoms with van der Waals surface area (Å²) in [6.07, 6.45) is 0. The van der Waals surface area contributed by atoms with E-state index in [4.69, 9.17) is 21.1 Å². The second kappa shape index (κ2) is 8.22. The molecule has 2 aromatic carbocycles. The van der Waals surface area contributed by atoms with Crippen molar-refractivity contribution in [2.24, 2.45) is 0 Å². The summed E-state index contributed by atoms with van der Waals surface area (Å²) in [5.41, 5.74) is 0.245. The summed E-state index contributed by atoms with van der Waals surface area (Å²) in [6.45, 7) is 1.03. The van der Waals surface area contributed by atoms with Gasteiger partial charge in [0, 0.05) is 29.7 Å². The van der Waals surface area contributed by atoms with E-state index in [9.17, 15) is 18.5 Å². The molecular weight excluding hydrogens is 396 g/mol. The molecule has 0 aliphatic carbocycles. The standard InChI is InChI=1S/C17H17ClN2O6S/c18-15-4-2-1-3-13(15)12-26-17-6-5-14(11-16(17)20(21)22)27(23,24)19-7-9-25-10-8-19/h1-6,11H,7-10,12H2. The molecule has 1 aliphatic rings. The normalized spacial score (nSPS) is 15.4. The Morgan fingerprint density at radius 2 is 1.89 bits per heavy atom. The maximum absolute atomic E-state index is 12.7. The third-order valence-electron chi connectivity index (χ3n) is 4.08. The molecule has 1 fully saturated rings. The van der Waals surface area contributed by atoms with Crippen molar-refractivity contribution >= 4 is 27.3 Å². The minimum atomic E-state index is -3.84. The molecule has 0 bridgehead atoms. The number of hydrogen-bond acceptors (Lipinski definition) is 6. The molecule has 0 aromatic heterocycles. The second-order valence-electron chi connectivity index (χ2n) is 5.78. The summed E-state index contributed by atoms with van der Waals surface area (Å²) in [4.78, 5) is 10.6. The van der Waals surface area contributed by atoms with Gasteiger partial charge in [0.15, 0.2) is 5.75 Å². The van der Waals surface area contributed by atoms with E-state index in [1.54, 1.807) is 24.3 Å². The maximum atomic E-state index is 12.7. The molecule has 0 N–H and O–H groups in total. The number of benzene rings is 2. The van der Waals surface area contributed by atoms with E-state index in [0.717, 1.165) is 6.07 Å². The van der Waals surface area contributed by atoms with Crippen LogP contribution in [0, 0.1) is 10.1 Å². The predicted molar refractivity (Wildman–Crippen MR) is 98.5 cm³/mol. The van der Waals surface area contributed by atoms with Gasteiger partial charge in [-0.3, -0.25) is 10.1 Å². The number of rotatable bonds is 6. The molecule has 0 saturated carbocycles. The molecule has 0 amide bonds. The summed E-state index contributed by atoms with van der Waals surface area (Å²) in [6, 6.07) is 10.6. The average Bonchev–Trinajstić information content (AvgIpc) is 2.68. The van der Waals surface area contributed by atoms with Gasteiger partial charge in [-0.05, 0) is 18.2 Å². The second-order valence-corrected chi connectivity index (χ2v) is 8.13. The van der Waals surface area contributed by atoms with Crippen LogP contribution >= 0.6 is 11.6 Å². The molecule has 0 spiro atoms. The number of ether oxygens (including phenoxy) is 2. The Hall–Kier alpha value is -2.20. The highest BCUT2D eigenvalue weighted by Crippen LogP contribution is 2.32. The molecule has 0 atom stereocenters. The van der Waals surface area contributed by atoms with E-state index in [2.05, 4.69) is 0 Å². The first-order valence-corrected chi connectivity index (χ1v) is 9.94. The molecule has 27 heavy (non-hydrogen) atoms. The molecule has 0 unspecified atom stereocenters. The number of sulfonamides is 1. The lowest BCUT2D eigenvalue weighted by atomic mass is 10.2. The van der Waals surface area contributed by atoms with Gasteiger partial charge in [0.25, 0.3) is 0 Å². The fourth-order valence-corrected chi connectivity index (χ4v) is 4.25. The van der Waals surface area contributed by atoms with Crippen molar-refractivity contribution in [3.8, 4) is 5.75 Å². The van der Waals surface area contributed by atoms with Gasteiger partial charge >= 0.3 is 5.69 Å². The van der Waals surface area contributed by atoms with Gasteiger partial charge in [-0.25, -0.2) is 8.42 Å². The van der Waals surface area contributed by atoms with Crippen molar-refractivity contribution in [3.05, 3.63) is 63.2 Å². The minimum absolute atomic E-state index is 0.0239. The van der Waals surface area contributed by atoms with Gasteiger partial charge in [0.1, 0.15) is 6.61 Å². The zero-order valence-electron chi connectivity index (χ0n) is 14.2. The Morgan fingerprint density at radius 3 is 2.56 bits per heavy atom. The quantitative estimate of drug-likeness (QED) is 0.534. The molecule has 1 heterocycles. The summed E-state index contributed by atoms with van der Waals surface area (Å²) < 4.78 is 37.3. The SMILES string of the molecule is O=[N+]([O-])c1cc(S(=O)(=O)N2CCOCC2)ccc1OCc1ccccc1Cl. The van der Waals surface area contributed by atoms with E-state index in [1.165, 1.54) is 16.4 Å². The fraction of sp³-hybridized carbons (Fsp3) is 0.294. The van der Waals surface area contributed by atoms with Crippen LogP contribution in [-0.2, 0) is 21.4 Å². The number of nitrogens with zero attached hydrogens (tertiary/aromatic N) is 2. The third-order valence-corrected chi connectivity index (χ3v) is 6.34. The molecule has 8 nitrogen and oxygen atoms in total. The van der Waals surface area contributed by atoms with E-state index in [1.807, 2.05) is 0 Å². The molecule has 1 aliphatic heterocycles. The Morgan fingerprint density at radius 1 is 1.19 bits per heavy atom. The van der Waals surface area contributed by atoms with Crippen molar-refractivity contribution in [3.63, 3.8) is 0 Å². The zero-order chi connectivity index (χ0) is 19.4. The molecule has 0 radical (unpaired) electrons. The lowest BCUT2D eigenvalue weighted by Crippen LogP contribution is -2.40.